The number of aryl methyl sites for hydroxylation is 2. The number of carboxylic acids is 1. The summed E-state index contributed by atoms with van der Waals surface area (Å²) in [6.07, 6.45) is 5.90. The molecule has 0 saturated carbocycles. The van der Waals surface area contributed by atoms with E-state index in [4.69, 9.17) is 14.5 Å². The highest BCUT2D eigenvalue weighted by atomic mass is 19.1. The van der Waals surface area contributed by atoms with Crippen molar-refractivity contribution in [2.75, 3.05) is 19.7 Å². The van der Waals surface area contributed by atoms with E-state index in [1.165, 1.54) is 6.07 Å². The number of benzene rings is 3. The molecule has 1 N–H and O–H groups in total. The van der Waals surface area contributed by atoms with Gasteiger partial charge in [0.05, 0.1) is 47.5 Å². The summed E-state index contributed by atoms with van der Waals surface area (Å²) in [6.45, 7) is 5.74. The smallest absolute Gasteiger partial charge is 0.335 e. The lowest BCUT2D eigenvalue weighted by atomic mass is 9.99. The van der Waals surface area contributed by atoms with Gasteiger partial charge < -0.3 is 19.1 Å². The predicted octanol–water partition coefficient (Wildman–Crippen LogP) is 5.73. The molecule has 0 amide bonds. The minimum Gasteiger partial charge on any atom is -0.486 e. The molecular formula is C34H34FN5O4. The van der Waals surface area contributed by atoms with Crippen molar-refractivity contribution in [3.8, 4) is 5.75 Å². The van der Waals surface area contributed by atoms with Crippen LogP contribution in [0.15, 0.2) is 60.8 Å². The van der Waals surface area contributed by atoms with Crippen molar-refractivity contribution in [1.29, 1.82) is 0 Å². The van der Waals surface area contributed by atoms with Gasteiger partial charge in [-0.2, -0.15) is 5.10 Å². The summed E-state index contributed by atoms with van der Waals surface area (Å²) < 4.78 is 30.3. The normalized spacial score (nSPS) is 17.2. The van der Waals surface area contributed by atoms with Crippen LogP contribution in [0.4, 0.5) is 4.39 Å². The molecule has 7 rings (SSSR count). The first-order chi connectivity index (χ1) is 21.3. The zero-order valence-corrected chi connectivity index (χ0v) is 24.8. The number of aromatic nitrogens is 4. The predicted molar refractivity (Wildman–Crippen MR) is 165 cm³/mol. The Bertz CT molecular complexity index is 1920. The van der Waals surface area contributed by atoms with Crippen molar-refractivity contribution in [2.45, 2.75) is 45.6 Å². The second kappa shape index (κ2) is 11.5. The van der Waals surface area contributed by atoms with Crippen molar-refractivity contribution >= 4 is 33.5 Å². The van der Waals surface area contributed by atoms with Gasteiger partial charge in [-0.1, -0.05) is 18.2 Å². The summed E-state index contributed by atoms with van der Waals surface area (Å²) >= 11 is 0. The van der Waals surface area contributed by atoms with Crippen molar-refractivity contribution in [1.82, 2.24) is 24.2 Å². The van der Waals surface area contributed by atoms with E-state index in [0.717, 1.165) is 82.6 Å². The van der Waals surface area contributed by atoms with Gasteiger partial charge in [-0.25, -0.2) is 14.2 Å². The Kier molecular flexibility index (Phi) is 7.39. The molecule has 2 aliphatic rings. The molecule has 5 aromatic rings. The van der Waals surface area contributed by atoms with Crippen molar-refractivity contribution < 1.29 is 23.8 Å². The standard InChI is InChI=1S/C34H34FN5O4/c1-21-13-25(34(41)42)15-30-33(21)37-32(40(30)18-27-9-12-43-27)19-39-10-7-23(8-11-39)24-4-5-28(35)31(16-24)44-20-22-3-6-29-26(14-22)17-36-38(29)2/h3-7,13-17,27H,8-12,18-20H2,1-2H3,(H,41,42)/t27-/m0/s1. The van der Waals surface area contributed by atoms with Crippen LogP contribution in [-0.4, -0.2) is 61.1 Å². The summed E-state index contributed by atoms with van der Waals surface area (Å²) in [5, 5.41) is 14.9. The van der Waals surface area contributed by atoms with Gasteiger partial charge in [0, 0.05) is 32.1 Å². The van der Waals surface area contributed by atoms with Gasteiger partial charge in [0.2, 0.25) is 0 Å². The maximum atomic E-state index is 14.7. The molecule has 1 fully saturated rings. The first kappa shape index (κ1) is 28.2. The molecule has 2 aromatic heterocycles. The molecule has 226 valence electrons. The Morgan fingerprint density at radius 3 is 2.77 bits per heavy atom. The Hall–Kier alpha value is -4.54. The molecule has 1 atom stereocenters. The van der Waals surface area contributed by atoms with Crippen molar-refractivity contribution in [3.05, 3.63) is 94.7 Å². The van der Waals surface area contributed by atoms with Crippen LogP contribution in [0.5, 0.6) is 5.75 Å². The highest BCUT2D eigenvalue weighted by Gasteiger charge is 2.25. The molecule has 0 aliphatic carbocycles. The topological polar surface area (TPSA) is 94.6 Å². The van der Waals surface area contributed by atoms with Crippen LogP contribution in [0, 0.1) is 12.7 Å². The third kappa shape index (κ3) is 5.46. The lowest BCUT2D eigenvalue weighted by molar-refractivity contribution is -0.0591. The Labute approximate surface area is 254 Å². The van der Waals surface area contributed by atoms with Gasteiger partial charge >= 0.3 is 5.97 Å². The number of carboxylic acid groups (broad SMARTS) is 1. The summed E-state index contributed by atoms with van der Waals surface area (Å²) in [5.41, 5.74) is 6.87. The SMILES string of the molecule is Cc1cc(C(=O)O)cc2c1nc(CN1CC=C(c3ccc(F)c(OCc4ccc5c(cnn5C)c4)c3)CC1)n2C[C@@H]1CCO1. The van der Waals surface area contributed by atoms with Crippen LogP contribution in [0.2, 0.25) is 0 Å². The second-order valence-electron chi connectivity index (χ2n) is 11.7. The molecule has 0 bridgehead atoms. The quantitative estimate of drug-likeness (QED) is 0.233. The largest absolute Gasteiger partial charge is 0.486 e. The van der Waals surface area contributed by atoms with Gasteiger partial charge in [-0.05, 0) is 78.4 Å². The van der Waals surface area contributed by atoms with Crippen molar-refractivity contribution in [3.63, 3.8) is 0 Å². The third-order valence-electron chi connectivity index (χ3n) is 8.72. The monoisotopic (exact) mass is 595 g/mol. The van der Waals surface area contributed by atoms with Crippen LogP contribution < -0.4 is 4.74 Å². The molecule has 2 aliphatic heterocycles. The Morgan fingerprint density at radius 2 is 2.02 bits per heavy atom. The van der Waals surface area contributed by atoms with Gasteiger partial charge in [0.25, 0.3) is 0 Å². The fourth-order valence-corrected chi connectivity index (χ4v) is 6.12. The zero-order chi connectivity index (χ0) is 30.4. The van der Waals surface area contributed by atoms with Crippen LogP contribution in [0.3, 0.4) is 0 Å². The van der Waals surface area contributed by atoms with Crippen LogP contribution in [0.1, 0.15) is 45.7 Å². The van der Waals surface area contributed by atoms with Gasteiger partial charge in [-0.3, -0.25) is 9.58 Å². The highest BCUT2D eigenvalue weighted by molar-refractivity contribution is 5.94. The highest BCUT2D eigenvalue weighted by Crippen LogP contribution is 2.30. The molecule has 4 heterocycles. The molecule has 44 heavy (non-hydrogen) atoms. The number of nitrogens with zero attached hydrogens (tertiary/aromatic N) is 5. The van der Waals surface area contributed by atoms with E-state index < -0.39 is 5.97 Å². The maximum Gasteiger partial charge on any atom is 0.335 e. The number of carbonyl (C=O) groups is 1. The molecular weight excluding hydrogens is 561 g/mol. The molecule has 3 aromatic carbocycles. The minimum atomic E-state index is -0.946. The summed E-state index contributed by atoms with van der Waals surface area (Å²) in [5.74, 6) is -0.191. The average molecular weight is 596 g/mol. The fraction of sp³-hybridized carbons (Fsp3) is 0.324. The molecule has 9 nitrogen and oxygen atoms in total. The first-order valence-electron chi connectivity index (χ1n) is 14.9. The molecule has 0 unspecified atom stereocenters. The zero-order valence-electron chi connectivity index (χ0n) is 24.8. The number of fused-ring (bicyclic) bond motifs is 2. The van der Waals surface area contributed by atoms with Crippen molar-refractivity contribution in [2.24, 2.45) is 7.05 Å². The molecule has 0 radical (unpaired) electrons. The fourth-order valence-electron chi connectivity index (χ4n) is 6.12. The van der Waals surface area contributed by atoms with E-state index in [-0.39, 0.29) is 29.8 Å². The lowest BCUT2D eigenvalue weighted by Gasteiger charge is -2.29. The number of ether oxygens (including phenoxy) is 2. The van der Waals surface area contributed by atoms with Crippen LogP contribution >= 0.6 is 0 Å². The third-order valence-corrected chi connectivity index (χ3v) is 8.72. The molecule has 1 saturated heterocycles. The van der Waals surface area contributed by atoms with E-state index in [0.29, 0.717) is 13.1 Å². The minimum absolute atomic E-state index is 0.112. The maximum absolute atomic E-state index is 14.7. The number of hydrogen-bond donors (Lipinski definition) is 1. The van der Waals surface area contributed by atoms with Crippen LogP contribution in [-0.2, 0) is 31.5 Å². The number of imidazole rings is 1. The van der Waals surface area contributed by atoms with Gasteiger partial charge in [0.1, 0.15) is 12.4 Å². The summed E-state index contributed by atoms with van der Waals surface area (Å²) in [7, 11) is 1.90. The second-order valence-corrected chi connectivity index (χ2v) is 11.7. The number of hydrogen-bond acceptors (Lipinski definition) is 6. The Balaban J connectivity index is 1.07. The summed E-state index contributed by atoms with van der Waals surface area (Å²) in [6, 6.07) is 14.5. The van der Waals surface area contributed by atoms with E-state index in [1.54, 1.807) is 18.2 Å². The number of rotatable bonds is 9. The van der Waals surface area contributed by atoms with Gasteiger partial charge in [0.15, 0.2) is 11.6 Å². The Morgan fingerprint density at radius 1 is 1.16 bits per heavy atom. The van der Waals surface area contributed by atoms with E-state index in [2.05, 4.69) is 20.6 Å². The summed E-state index contributed by atoms with van der Waals surface area (Å²) in [4.78, 5) is 19.0. The first-order valence-corrected chi connectivity index (χ1v) is 14.9. The lowest BCUT2D eigenvalue weighted by Crippen LogP contribution is -2.33. The van der Waals surface area contributed by atoms with E-state index in [9.17, 15) is 14.3 Å². The van der Waals surface area contributed by atoms with E-state index >= 15 is 0 Å². The molecule has 10 heteroatoms. The number of halogens is 1. The number of aromatic carboxylic acids is 1. The van der Waals surface area contributed by atoms with Gasteiger partial charge in [-0.15, -0.1) is 0 Å². The average Bonchev–Trinajstić information content (AvgIpc) is 3.54. The molecule has 0 spiro atoms. The van der Waals surface area contributed by atoms with Crippen LogP contribution in [0.25, 0.3) is 27.5 Å². The van der Waals surface area contributed by atoms with E-state index in [1.807, 2.05) is 49.1 Å².